The number of carboxylic acids is 1. The molecule has 10 N–H and O–H groups in total. The molecule has 1 aliphatic heterocycles. The van der Waals surface area contributed by atoms with E-state index in [0.29, 0.717) is 12.8 Å². The van der Waals surface area contributed by atoms with Gasteiger partial charge in [-0.2, -0.15) is 0 Å². The summed E-state index contributed by atoms with van der Waals surface area (Å²) in [6.07, 6.45) is 1.49. The van der Waals surface area contributed by atoms with Crippen LogP contribution in [0.2, 0.25) is 0 Å². The average molecular weight is 506 g/mol. The van der Waals surface area contributed by atoms with Gasteiger partial charge in [-0.1, -0.05) is 30.3 Å². The summed E-state index contributed by atoms with van der Waals surface area (Å²) < 4.78 is 0. The second-order valence-corrected chi connectivity index (χ2v) is 8.58. The first-order valence-corrected chi connectivity index (χ1v) is 11.7. The van der Waals surface area contributed by atoms with Gasteiger partial charge in [0.1, 0.15) is 18.1 Å². The predicted molar refractivity (Wildman–Crippen MR) is 131 cm³/mol. The van der Waals surface area contributed by atoms with Gasteiger partial charge in [-0.15, -0.1) is 0 Å². The van der Waals surface area contributed by atoms with Crippen molar-refractivity contribution in [2.45, 2.75) is 56.3 Å². The van der Waals surface area contributed by atoms with Crippen LogP contribution in [0.5, 0.6) is 0 Å². The lowest BCUT2D eigenvalue weighted by Crippen LogP contribution is -2.58. The summed E-state index contributed by atoms with van der Waals surface area (Å²) in [5.41, 5.74) is 17.5. The second kappa shape index (κ2) is 14.0. The Hall–Kier alpha value is -3.71. The molecule has 0 spiro atoms. The summed E-state index contributed by atoms with van der Waals surface area (Å²) in [4.78, 5) is 55.1. The molecule has 4 atom stereocenters. The highest BCUT2D eigenvalue weighted by Gasteiger charge is 2.38. The first-order chi connectivity index (χ1) is 17.1. The van der Waals surface area contributed by atoms with Crippen LogP contribution >= 0.6 is 0 Å². The number of nitrogens with one attached hydrogen (secondary N) is 2. The summed E-state index contributed by atoms with van der Waals surface area (Å²) >= 11 is 0. The minimum atomic E-state index is -1.37. The van der Waals surface area contributed by atoms with Crippen molar-refractivity contribution in [3.8, 4) is 0 Å². The van der Waals surface area contributed by atoms with E-state index in [1.807, 2.05) is 30.3 Å². The van der Waals surface area contributed by atoms with Gasteiger partial charge in [-0.25, -0.2) is 4.79 Å². The quantitative estimate of drug-likeness (QED) is 0.0863. The number of rotatable bonds is 13. The number of hydrogen-bond acceptors (Lipinski definition) is 7. The highest BCUT2D eigenvalue weighted by molar-refractivity contribution is 5.94. The maximum Gasteiger partial charge on any atom is 0.326 e. The van der Waals surface area contributed by atoms with Crippen molar-refractivity contribution in [2.24, 2.45) is 22.2 Å². The van der Waals surface area contributed by atoms with Crippen LogP contribution in [0.15, 0.2) is 35.3 Å². The van der Waals surface area contributed by atoms with Gasteiger partial charge in [0.15, 0.2) is 5.96 Å². The average Bonchev–Trinajstić information content (AvgIpc) is 3.34. The number of aliphatic carboxylic acids is 1. The van der Waals surface area contributed by atoms with Gasteiger partial charge < -0.3 is 42.9 Å². The summed E-state index contributed by atoms with van der Waals surface area (Å²) in [5.74, 6) is -3.27. The van der Waals surface area contributed by atoms with Crippen LogP contribution in [-0.4, -0.2) is 88.6 Å². The topological polar surface area (TPSA) is 226 Å². The van der Waals surface area contributed by atoms with E-state index in [4.69, 9.17) is 17.2 Å². The fourth-order valence-corrected chi connectivity index (χ4v) is 3.96. The van der Waals surface area contributed by atoms with Crippen molar-refractivity contribution in [3.63, 3.8) is 0 Å². The molecule has 1 aliphatic rings. The van der Waals surface area contributed by atoms with Crippen molar-refractivity contribution < 1.29 is 29.4 Å². The van der Waals surface area contributed by atoms with Crippen LogP contribution in [0.3, 0.4) is 0 Å². The first-order valence-electron chi connectivity index (χ1n) is 11.7. The summed E-state index contributed by atoms with van der Waals surface area (Å²) in [7, 11) is 0. The van der Waals surface area contributed by atoms with E-state index < -0.39 is 54.5 Å². The molecule has 36 heavy (non-hydrogen) atoms. The predicted octanol–water partition coefficient (Wildman–Crippen LogP) is -2.35. The molecule has 198 valence electrons. The molecular formula is C23H35N7O6. The van der Waals surface area contributed by atoms with Crippen molar-refractivity contribution in [1.82, 2.24) is 15.5 Å². The Labute approximate surface area is 209 Å². The van der Waals surface area contributed by atoms with Gasteiger partial charge in [0.2, 0.25) is 17.7 Å². The van der Waals surface area contributed by atoms with Gasteiger partial charge in [0.25, 0.3) is 0 Å². The SMILES string of the molecule is NC(N)=NCCCC(NC(=O)C(N)Cc1ccccc1)C(=O)NC(CO)C(=O)N1CCCC1C(=O)O. The third kappa shape index (κ3) is 8.50. The number of aliphatic hydroxyl groups is 1. The molecule has 3 amide bonds. The molecule has 0 bridgehead atoms. The Morgan fingerprint density at radius 3 is 2.36 bits per heavy atom. The largest absolute Gasteiger partial charge is 0.480 e. The Bertz CT molecular complexity index is 938. The smallest absolute Gasteiger partial charge is 0.326 e. The van der Waals surface area contributed by atoms with Gasteiger partial charge in [0, 0.05) is 13.1 Å². The third-order valence-electron chi connectivity index (χ3n) is 5.83. The molecule has 2 rings (SSSR count). The lowest BCUT2D eigenvalue weighted by Gasteiger charge is -2.28. The lowest BCUT2D eigenvalue weighted by molar-refractivity contribution is -0.150. The maximum absolute atomic E-state index is 13.0. The molecule has 0 radical (unpaired) electrons. The molecule has 1 saturated heterocycles. The van der Waals surface area contributed by atoms with Gasteiger partial charge in [-0.05, 0) is 37.7 Å². The molecule has 13 nitrogen and oxygen atoms in total. The number of carbonyl (C=O) groups excluding carboxylic acids is 3. The monoisotopic (exact) mass is 505 g/mol. The summed E-state index contributed by atoms with van der Waals surface area (Å²) in [6, 6.07) is 4.72. The van der Waals surface area contributed by atoms with Crippen LogP contribution in [0.1, 0.15) is 31.2 Å². The number of aliphatic imine (C=N–C) groups is 1. The Morgan fingerprint density at radius 2 is 1.75 bits per heavy atom. The normalized spacial score (nSPS) is 17.5. The van der Waals surface area contributed by atoms with Crippen molar-refractivity contribution in [2.75, 3.05) is 19.7 Å². The number of nitrogens with zero attached hydrogens (tertiary/aromatic N) is 2. The zero-order valence-electron chi connectivity index (χ0n) is 20.0. The number of carbonyl (C=O) groups is 4. The zero-order chi connectivity index (χ0) is 26.7. The number of guanidine groups is 1. The van der Waals surface area contributed by atoms with Crippen LogP contribution < -0.4 is 27.8 Å². The number of benzene rings is 1. The standard InChI is InChI=1S/C23H35N7O6/c24-15(12-14-6-2-1-3-7-14)19(32)28-16(8-4-10-27-23(25)26)20(33)29-17(13-31)21(34)30-11-5-9-18(30)22(35)36/h1-3,6-7,15-18,31H,4-5,8-13,24H2,(H,28,32)(H,29,33)(H,35,36)(H4,25,26,27). The van der Waals surface area contributed by atoms with Crippen LogP contribution in [0.25, 0.3) is 0 Å². The van der Waals surface area contributed by atoms with E-state index in [9.17, 15) is 29.4 Å². The Kier molecular flexibility index (Phi) is 11.1. The molecule has 0 saturated carbocycles. The Balaban J connectivity index is 2.08. The first kappa shape index (κ1) is 28.5. The second-order valence-electron chi connectivity index (χ2n) is 8.58. The number of aliphatic hydroxyl groups excluding tert-OH is 1. The minimum Gasteiger partial charge on any atom is -0.480 e. The number of hydrogen-bond donors (Lipinski definition) is 7. The molecular weight excluding hydrogens is 470 g/mol. The van der Waals surface area contributed by atoms with E-state index in [2.05, 4.69) is 15.6 Å². The molecule has 1 aromatic rings. The van der Waals surface area contributed by atoms with Crippen LogP contribution in [0.4, 0.5) is 0 Å². The molecule has 0 aliphatic carbocycles. The molecule has 1 aromatic carbocycles. The molecule has 1 heterocycles. The molecule has 13 heteroatoms. The van der Waals surface area contributed by atoms with E-state index in [0.717, 1.165) is 10.5 Å². The lowest BCUT2D eigenvalue weighted by atomic mass is 10.0. The van der Waals surface area contributed by atoms with Crippen LogP contribution in [0, 0.1) is 0 Å². The fraction of sp³-hybridized carbons (Fsp3) is 0.522. The highest BCUT2D eigenvalue weighted by Crippen LogP contribution is 2.18. The van der Waals surface area contributed by atoms with E-state index in [1.54, 1.807) is 0 Å². The minimum absolute atomic E-state index is 0.116. The maximum atomic E-state index is 13.0. The number of carboxylic acid groups (broad SMARTS) is 1. The van der Waals surface area contributed by atoms with Crippen molar-refractivity contribution in [1.29, 1.82) is 0 Å². The van der Waals surface area contributed by atoms with Crippen LogP contribution in [-0.2, 0) is 25.6 Å². The number of likely N-dealkylation sites (tertiary alicyclic amines) is 1. The van der Waals surface area contributed by atoms with Crippen molar-refractivity contribution >= 4 is 29.7 Å². The Morgan fingerprint density at radius 1 is 1.08 bits per heavy atom. The van der Waals surface area contributed by atoms with Crippen molar-refractivity contribution in [3.05, 3.63) is 35.9 Å². The fourth-order valence-electron chi connectivity index (χ4n) is 3.96. The van der Waals surface area contributed by atoms with Gasteiger partial charge in [0.05, 0.1) is 12.6 Å². The zero-order valence-corrected chi connectivity index (χ0v) is 20.0. The highest BCUT2D eigenvalue weighted by atomic mass is 16.4. The van der Waals surface area contributed by atoms with Gasteiger partial charge >= 0.3 is 5.97 Å². The van der Waals surface area contributed by atoms with E-state index >= 15 is 0 Å². The number of nitrogens with two attached hydrogens (primary N) is 3. The summed E-state index contributed by atoms with van der Waals surface area (Å²) in [5, 5.41) is 24.1. The molecule has 1 fully saturated rings. The summed E-state index contributed by atoms with van der Waals surface area (Å²) in [6.45, 7) is -0.334. The molecule has 0 aromatic heterocycles. The van der Waals surface area contributed by atoms with Gasteiger partial charge in [-0.3, -0.25) is 19.4 Å². The molecule has 4 unspecified atom stereocenters. The number of amides is 3. The van der Waals surface area contributed by atoms with E-state index in [1.165, 1.54) is 0 Å². The third-order valence-corrected chi connectivity index (χ3v) is 5.83. The van der Waals surface area contributed by atoms with E-state index in [-0.39, 0.29) is 38.3 Å².